The Hall–Kier alpha value is -2.58. The number of hydrogen-bond donors (Lipinski definition) is 1. The van der Waals surface area contributed by atoms with Crippen molar-refractivity contribution in [2.24, 2.45) is 0 Å². The Balaban J connectivity index is 2.44. The highest BCUT2D eigenvalue weighted by Gasteiger charge is 2.37. The normalized spacial score (nSPS) is 12.1. The minimum atomic E-state index is -4.92. The van der Waals surface area contributed by atoms with Crippen LogP contribution in [-0.2, 0) is 12.4 Å². The van der Waals surface area contributed by atoms with Crippen molar-refractivity contribution in [2.75, 3.05) is 5.32 Å². The van der Waals surface area contributed by atoms with Gasteiger partial charge in [0.15, 0.2) is 0 Å². The number of carbonyl (C=O) groups is 1. The Morgan fingerprint density at radius 1 is 1.00 bits per heavy atom. The van der Waals surface area contributed by atoms with E-state index in [-0.39, 0.29) is 17.7 Å². The summed E-state index contributed by atoms with van der Waals surface area (Å²) in [7, 11) is 0. The largest absolute Gasteiger partial charge is 0.418 e. The van der Waals surface area contributed by atoms with E-state index in [4.69, 9.17) is 0 Å². The summed E-state index contributed by atoms with van der Waals surface area (Å²) >= 11 is 0. The van der Waals surface area contributed by atoms with Gasteiger partial charge in [0.05, 0.1) is 22.4 Å². The number of pyridine rings is 1. The summed E-state index contributed by atoms with van der Waals surface area (Å²) < 4.78 is 76.6. The van der Waals surface area contributed by atoms with Crippen molar-refractivity contribution in [3.8, 4) is 0 Å². The lowest BCUT2D eigenvalue weighted by atomic mass is 10.1. The van der Waals surface area contributed by atoms with E-state index in [1.165, 1.54) is 18.3 Å². The molecule has 0 atom stereocenters. The van der Waals surface area contributed by atoms with Gasteiger partial charge in [-0.05, 0) is 30.3 Å². The van der Waals surface area contributed by atoms with Gasteiger partial charge >= 0.3 is 12.4 Å². The number of benzene rings is 1. The molecule has 0 aliphatic heterocycles. The van der Waals surface area contributed by atoms with Crippen molar-refractivity contribution in [1.82, 2.24) is 4.98 Å². The number of nitrogens with zero attached hydrogens (tertiary/aromatic N) is 1. The van der Waals surface area contributed by atoms with Gasteiger partial charge in [0.2, 0.25) is 0 Å². The van der Waals surface area contributed by atoms with E-state index in [1.54, 1.807) is 0 Å². The maximum absolute atomic E-state index is 12.9. The number of halogens is 6. The van der Waals surface area contributed by atoms with Gasteiger partial charge in [-0.25, -0.2) is 0 Å². The molecule has 0 radical (unpaired) electrons. The van der Waals surface area contributed by atoms with Crippen molar-refractivity contribution in [1.29, 1.82) is 0 Å². The molecule has 23 heavy (non-hydrogen) atoms. The average molecular weight is 334 g/mol. The van der Waals surface area contributed by atoms with Crippen LogP contribution in [0.25, 0.3) is 0 Å². The van der Waals surface area contributed by atoms with E-state index < -0.39 is 35.1 Å². The lowest BCUT2D eigenvalue weighted by Gasteiger charge is -2.16. The second kappa shape index (κ2) is 5.90. The van der Waals surface area contributed by atoms with E-state index in [9.17, 15) is 31.1 Å². The van der Waals surface area contributed by atoms with Crippen LogP contribution in [0.2, 0.25) is 0 Å². The van der Waals surface area contributed by atoms with Crippen molar-refractivity contribution < 1.29 is 31.1 Å². The van der Waals surface area contributed by atoms with Gasteiger partial charge in [0, 0.05) is 12.4 Å². The Morgan fingerprint density at radius 2 is 1.70 bits per heavy atom. The molecule has 9 heteroatoms. The highest BCUT2D eigenvalue weighted by Crippen LogP contribution is 2.39. The van der Waals surface area contributed by atoms with Crippen LogP contribution < -0.4 is 5.32 Å². The van der Waals surface area contributed by atoms with Crippen LogP contribution in [0, 0.1) is 0 Å². The summed E-state index contributed by atoms with van der Waals surface area (Å²) in [4.78, 5) is 15.5. The summed E-state index contributed by atoms with van der Waals surface area (Å²) in [6.07, 6.45) is -7.34. The fourth-order valence-electron chi connectivity index (χ4n) is 1.76. The van der Waals surface area contributed by atoms with Crippen LogP contribution in [-0.4, -0.2) is 10.9 Å². The van der Waals surface area contributed by atoms with E-state index in [1.807, 2.05) is 5.32 Å². The smallest absolute Gasteiger partial charge is 0.321 e. The molecule has 1 amide bonds. The van der Waals surface area contributed by atoms with Crippen LogP contribution in [0.3, 0.4) is 0 Å². The molecular weight excluding hydrogens is 326 g/mol. The van der Waals surface area contributed by atoms with E-state index in [2.05, 4.69) is 4.98 Å². The molecule has 0 unspecified atom stereocenters. The van der Waals surface area contributed by atoms with Crippen LogP contribution in [0.1, 0.15) is 21.5 Å². The first kappa shape index (κ1) is 16.8. The molecule has 3 nitrogen and oxygen atoms in total. The third-order valence-corrected chi connectivity index (χ3v) is 2.82. The fourth-order valence-corrected chi connectivity index (χ4v) is 1.76. The zero-order valence-corrected chi connectivity index (χ0v) is 11.2. The van der Waals surface area contributed by atoms with Gasteiger partial charge in [0.25, 0.3) is 5.91 Å². The number of aromatic nitrogens is 1. The fraction of sp³-hybridized carbons (Fsp3) is 0.143. The summed E-state index contributed by atoms with van der Waals surface area (Å²) in [6, 6.07) is 3.47. The maximum atomic E-state index is 12.9. The Morgan fingerprint density at radius 3 is 2.22 bits per heavy atom. The van der Waals surface area contributed by atoms with Gasteiger partial charge in [-0.15, -0.1) is 0 Å². The first-order valence-electron chi connectivity index (χ1n) is 6.09. The van der Waals surface area contributed by atoms with Gasteiger partial charge in [-0.2, -0.15) is 26.3 Å². The Bertz CT molecular complexity index is 709. The molecule has 1 heterocycles. The van der Waals surface area contributed by atoms with Gasteiger partial charge in [-0.3, -0.25) is 9.78 Å². The maximum Gasteiger partial charge on any atom is 0.418 e. The molecule has 1 N–H and O–H groups in total. The molecule has 0 bridgehead atoms. The van der Waals surface area contributed by atoms with Crippen LogP contribution in [0.5, 0.6) is 0 Å². The quantitative estimate of drug-likeness (QED) is 0.829. The zero-order chi connectivity index (χ0) is 17.3. The van der Waals surface area contributed by atoms with Gasteiger partial charge < -0.3 is 5.32 Å². The third-order valence-electron chi connectivity index (χ3n) is 2.82. The number of amides is 1. The average Bonchev–Trinajstić information content (AvgIpc) is 2.46. The molecule has 122 valence electrons. The predicted octanol–water partition coefficient (Wildman–Crippen LogP) is 4.37. The molecule has 0 aliphatic carbocycles. The number of carbonyl (C=O) groups excluding carboxylic acids is 1. The number of anilines is 1. The molecule has 0 spiro atoms. The minimum absolute atomic E-state index is 0.0852. The number of rotatable bonds is 2. The lowest BCUT2D eigenvalue weighted by Crippen LogP contribution is -2.18. The molecule has 1 aromatic heterocycles. The number of nitrogens with one attached hydrogen (secondary N) is 1. The molecule has 0 fully saturated rings. The molecule has 2 rings (SSSR count). The van der Waals surface area contributed by atoms with Crippen molar-refractivity contribution >= 4 is 11.6 Å². The van der Waals surface area contributed by atoms with Crippen LogP contribution in [0.15, 0.2) is 42.7 Å². The summed E-state index contributed by atoms with van der Waals surface area (Å²) in [6.45, 7) is 0. The van der Waals surface area contributed by atoms with Crippen molar-refractivity contribution in [3.63, 3.8) is 0 Å². The molecule has 0 saturated heterocycles. The van der Waals surface area contributed by atoms with Crippen molar-refractivity contribution in [3.05, 3.63) is 59.4 Å². The van der Waals surface area contributed by atoms with E-state index in [0.29, 0.717) is 6.07 Å². The zero-order valence-electron chi connectivity index (χ0n) is 11.2. The second-order valence-electron chi connectivity index (χ2n) is 4.45. The first-order valence-corrected chi connectivity index (χ1v) is 6.09. The van der Waals surface area contributed by atoms with Crippen LogP contribution >= 0.6 is 0 Å². The van der Waals surface area contributed by atoms with Crippen LogP contribution in [0.4, 0.5) is 32.0 Å². The minimum Gasteiger partial charge on any atom is -0.321 e. The predicted molar refractivity (Wildman–Crippen MR) is 68.6 cm³/mol. The monoisotopic (exact) mass is 334 g/mol. The number of hydrogen-bond acceptors (Lipinski definition) is 2. The van der Waals surface area contributed by atoms with Gasteiger partial charge in [-0.1, -0.05) is 0 Å². The lowest BCUT2D eigenvalue weighted by molar-refractivity contribution is -0.140. The molecular formula is C14H8F6N2O. The van der Waals surface area contributed by atoms with Gasteiger partial charge in [0.1, 0.15) is 0 Å². The van der Waals surface area contributed by atoms with Crippen molar-refractivity contribution in [2.45, 2.75) is 12.4 Å². The number of alkyl halides is 6. The third kappa shape index (κ3) is 3.99. The molecule has 0 aliphatic rings. The topological polar surface area (TPSA) is 42.0 Å². The summed E-state index contributed by atoms with van der Waals surface area (Å²) in [5.41, 5.74) is -3.73. The standard InChI is InChI=1S/C14H8F6N2O/c15-13(16,17)9-3-4-10(14(18,19)20)11(6-9)22-12(23)8-2-1-5-21-7-8/h1-7H,(H,22,23). The van der Waals surface area contributed by atoms with E-state index >= 15 is 0 Å². The summed E-state index contributed by atoms with van der Waals surface area (Å²) in [5, 5.41) is 1.85. The summed E-state index contributed by atoms with van der Waals surface area (Å²) in [5.74, 6) is -0.997. The molecule has 1 aromatic carbocycles. The molecule has 2 aromatic rings. The highest BCUT2D eigenvalue weighted by atomic mass is 19.4. The first-order chi connectivity index (χ1) is 10.6. The van der Waals surface area contributed by atoms with E-state index in [0.717, 1.165) is 6.20 Å². The Labute approximate surface area is 126 Å². The molecule has 0 saturated carbocycles. The Kier molecular flexibility index (Phi) is 4.31. The SMILES string of the molecule is O=C(Nc1cc(C(F)(F)F)ccc1C(F)(F)F)c1cccnc1. The second-order valence-corrected chi connectivity index (χ2v) is 4.45. The highest BCUT2D eigenvalue weighted by molar-refractivity contribution is 6.04.